The monoisotopic (exact) mass is 540 g/mol. The number of benzene rings is 4. The number of nitriles is 1. The third kappa shape index (κ3) is 4.34. The molecule has 0 amide bonds. The average molecular weight is 541 g/mol. The van der Waals surface area contributed by atoms with Crippen molar-refractivity contribution in [1.82, 2.24) is 5.32 Å². The molecule has 0 bridgehead atoms. The van der Waals surface area contributed by atoms with Crippen molar-refractivity contribution in [3.8, 4) is 6.07 Å². The lowest BCUT2D eigenvalue weighted by atomic mass is 9.86. The van der Waals surface area contributed by atoms with Crippen molar-refractivity contribution in [3.05, 3.63) is 111 Å². The first-order valence-electron chi connectivity index (χ1n) is 10.7. The topological polar surface area (TPSA) is 90.2 Å². The van der Waals surface area contributed by atoms with E-state index >= 15 is 0 Å². The van der Waals surface area contributed by atoms with Crippen LogP contribution in [0.3, 0.4) is 0 Å². The lowest BCUT2D eigenvalue weighted by molar-refractivity contribution is 0.0696. The van der Waals surface area contributed by atoms with E-state index < -0.39 is 5.97 Å². The summed E-state index contributed by atoms with van der Waals surface area (Å²) in [6, 6.07) is 26.2. The molecule has 0 fully saturated rings. The van der Waals surface area contributed by atoms with Gasteiger partial charge in [0.1, 0.15) is 11.6 Å². The highest BCUT2D eigenvalue weighted by Crippen LogP contribution is 2.41. The Morgan fingerprint density at radius 1 is 0.971 bits per heavy atom. The molecule has 1 aliphatic rings. The molecule has 5 nitrogen and oxygen atoms in total. The largest absolute Gasteiger partial charge is 0.478 e. The van der Waals surface area contributed by atoms with Gasteiger partial charge < -0.3 is 10.4 Å². The first-order valence-corrected chi connectivity index (χ1v) is 12.3. The van der Waals surface area contributed by atoms with Crippen molar-refractivity contribution in [2.75, 3.05) is 0 Å². The maximum absolute atomic E-state index is 13.3. The minimum absolute atomic E-state index is 0.0699. The van der Waals surface area contributed by atoms with Crippen LogP contribution in [-0.4, -0.2) is 16.9 Å². The van der Waals surface area contributed by atoms with E-state index in [-0.39, 0.29) is 16.9 Å². The van der Waals surface area contributed by atoms with Gasteiger partial charge in [0.25, 0.3) is 0 Å². The SMILES string of the molecule is N#CC1=C(NCc2ccc(C(=O)O)cc2)c2ccc(Sc3ccc(Br)cc3)c3cccc(c23)C1=O. The van der Waals surface area contributed by atoms with Crippen molar-refractivity contribution in [1.29, 1.82) is 5.26 Å². The fourth-order valence-corrected chi connectivity index (χ4v) is 5.33. The van der Waals surface area contributed by atoms with Crippen molar-refractivity contribution >= 4 is 55.9 Å². The van der Waals surface area contributed by atoms with Crippen LogP contribution in [0, 0.1) is 11.3 Å². The maximum atomic E-state index is 13.3. The van der Waals surface area contributed by atoms with Crippen LogP contribution in [0.15, 0.2) is 98.7 Å². The fraction of sp³-hybridized carbons (Fsp3) is 0.0357. The Kier molecular flexibility index (Phi) is 6.16. The second-order valence-electron chi connectivity index (χ2n) is 7.94. The lowest BCUT2D eigenvalue weighted by Gasteiger charge is -2.22. The van der Waals surface area contributed by atoms with Crippen LogP contribution >= 0.6 is 27.7 Å². The third-order valence-corrected chi connectivity index (χ3v) is 7.43. The maximum Gasteiger partial charge on any atom is 0.335 e. The van der Waals surface area contributed by atoms with Gasteiger partial charge in [0, 0.05) is 37.3 Å². The first kappa shape index (κ1) is 22.9. The summed E-state index contributed by atoms with van der Waals surface area (Å²) in [5.74, 6) is -1.29. The molecule has 5 rings (SSSR count). The first-order chi connectivity index (χ1) is 17.0. The van der Waals surface area contributed by atoms with Crippen LogP contribution in [0.5, 0.6) is 0 Å². The van der Waals surface area contributed by atoms with Gasteiger partial charge in [0.15, 0.2) is 0 Å². The standard InChI is InChI=1S/C28H17BrN2O3S/c29-18-8-10-19(11-9-18)35-24-13-12-21-25-20(24)2-1-3-22(25)27(32)23(14-30)26(21)31-15-16-4-6-17(7-5-16)28(33)34/h1-13,31H,15H2,(H,33,34). The Bertz CT molecular complexity index is 1570. The number of carboxylic acid groups (broad SMARTS) is 1. The molecule has 0 spiro atoms. The van der Waals surface area contributed by atoms with Crippen molar-refractivity contribution in [2.45, 2.75) is 16.3 Å². The minimum Gasteiger partial charge on any atom is -0.478 e. The molecule has 0 unspecified atom stereocenters. The van der Waals surface area contributed by atoms with E-state index in [4.69, 9.17) is 5.11 Å². The number of rotatable bonds is 6. The van der Waals surface area contributed by atoms with Crippen LogP contribution in [0.25, 0.3) is 16.5 Å². The van der Waals surface area contributed by atoms with E-state index in [0.717, 1.165) is 36.2 Å². The Hall–Kier alpha value is -3.86. The van der Waals surface area contributed by atoms with Gasteiger partial charge in [-0.3, -0.25) is 4.79 Å². The molecule has 0 atom stereocenters. The number of Topliss-reactive ketones (excluding diaryl/α,β-unsaturated/α-hetero) is 1. The van der Waals surface area contributed by atoms with Gasteiger partial charge >= 0.3 is 5.97 Å². The molecule has 4 aromatic carbocycles. The van der Waals surface area contributed by atoms with E-state index in [1.54, 1.807) is 30.0 Å². The Morgan fingerprint density at radius 3 is 2.40 bits per heavy atom. The normalized spacial score (nSPS) is 12.5. The quantitative estimate of drug-likeness (QED) is 0.283. The summed E-state index contributed by atoms with van der Waals surface area (Å²) in [6.45, 7) is 0.340. The molecule has 2 N–H and O–H groups in total. The Labute approximate surface area is 214 Å². The number of carboxylic acids is 1. The minimum atomic E-state index is -0.989. The third-order valence-electron chi connectivity index (χ3n) is 5.82. The smallest absolute Gasteiger partial charge is 0.335 e. The second kappa shape index (κ2) is 9.41. The van der Waals surface area contributed by atoms with E-state index in [2.05, 4.69) is 27.3 Å². The Balaban J connectivity index is 1.55. The van der Waals surface area contributed by atoms with Crippen LogP contribution in [0.2, 0.25) is 0 Å². The summed E-state index contributed by atoms with van der Waals surface area (Å²) in [4.78, 5) is 26.5. The molecule has 0 heterocycles. The summed E-state index contributed by atoms with van der Waals surface area (Å²) in [6.07, 6.45) is 0. The van der Waals surface area contributed by atoms with Gasteiger partial charge in [-0.25, -0.2) is 4.79 Å². The highest BCUT2D eigenvalue weighted by Gasteiger charge is 2.28. The number of hydrogen-bond donors (Lipinski definition) is 2. The van der Waals surface area contributed by atoms with Crippen molar-refractivity contribution < 1.29 is 14.7 Å². The van der Waals surface area contributed by atoms with Gasteiger partial charge in [-0.1, -0.05) is 64.1 Å². The summed E-state index contributed by atoms with van der Waals surface area (Å²) in [7, 11) is 0. The van der Waals surface area contributed by atoms with Crippen LogP contribution in [0.4, 0.5) is 0 Å². The van der Waals surface area contributed by atoms with Crippen LogP contribution in [-0.2, 0) is 6.54 Å². The summed E-state index contributed by atoms with van der Waals surface area (Å²) in [5, 5.41) is 24.0. The van der Waals surface area contributed by atoms with Crippen molar-refractivity contribution in [2.24, 2.45) is 0 Å². The molecule has 35 heavy (non-hydrogen) atoms. The zero-order chi connectivity index (χ0) is 24.5. The molecule has 0 saturated carbocycles. The van der Waals surface area contributed by atoms with E-state index in [1.165, 1.54) is 12.1 Å². The number of halogens is 1. The number of allylic oxidation sites excluding steroid dienone is 1. The van der Waals surface area contributed by atoms with Gasteiger partial charge in [0.2, 0.25) is 5.78 Å². The van der Waals surface area contributed by atoms with Gasteiger partial charge in [0.05, 0.1) is 11.3 Å². The van der Waals surface area contributed by atoms with E-state index in [9.17, 15) is 14.9 Å². The molecule has 7 heteroatoms. The highest BCUT2D eigenvalue weighted by molar-refractivity contribution is 9.10. The molecular formula is C28H17BrN2O3S. The predicted octanol–water partition coefficient (Wildman–Crippen LogP) is 6.67. The number of nitrogens with one attached hydrogen (secondary N) is 1. The summed E-state index contributed by atoms with van der Waals surface area (Å²) in [5.41, 5.74) is 2.92. The lowest BCUT2D eigenvalue weighted by Crippen LogP contribution is -2.21. The molecule has 0 aliphatic heterocycles. The number of aromatic carboxylic acids is 1. The second-order valence-corrected chi connectivity index (χ2v) is 9.97. The zero-order valence-corrected chi connectivity index (χ0v) is 20.6. The van der Waals surface area contributed by atoms with E-state index in [1.807, 2.05) is 48.5 Å². The number of ketones is 1. The molecule has 0 aromatic heterocycles. The van der Waals surface area contributed by atoms with Gasteiger partial charge in [-0.05, 0) is 53.4 Å². The molecule has 0 saturated heterocycles. The van der Waals surface area contributed by atoms with Crippen molar-refractivity contribution in [3.63, 3.8) is 0 Å². The summed E-state index contributed by atoms with van der Waals surface area (Å²) < 4.78 is 1.01. The number of carbonyl (C=O) groups excluding carboxylic acids is 1. The van der Waals surface area contributed by atoms with Gasteiger partial charge in [-0.15, -0.1) is 0 Å². The zero-order valence-electron chi connectivity index (χ0n) is 18.2. The van der Waals surface area contributed by atoms with Gasteiger partial charge in [-0.2, -0.15) is 5.26 Å². The average Bonchev–Trinajstić information content (AvgIpc) is 2.87. The van der Waals surface area contributed by atoms with E-state index in [0.29, 0.717) is 17.8 Å². The predicted molar refractivity (Wildman–Crippen MR) is 139 cm³/mol. The molecule has 4 aromatic rings. The number of nitrogens with zero attached hydrogens (tertiary/aromatic N) is 1. The molecule has 0 radical (unpaired) electrons. The molecule has 1 aliphatic carbocycles. The Morgan fingerprint density at radius 2 is 1.71 bits per heavy atom. The highest BCUT2D eigenvalue weighted by atomic mass is 79.9. The van der Waals surface area contributed by atoms with Crippen LogP contribution in [0.1, 0.15) is 31.8 Å². The fourth-order valence-electron chi connectivity index (χ4n) is 4.12. The van der Waals surface area contributed by atoms with Crippen LogP contribution < -0.4 is 5.32 Å². The molecule has 170 valence electrons. The summed E-state index contributed by atoms with van der Waals surface area (Å²) >= 11 is 5.08. The number of hydrogen-bond acceptors (Lipinski definition) is 5. The molecular weight excluding hydrogens is 524 g/mol. The number of carbonyl (C=O) groups is 2.